The fourth-order valence-corrected chi connectivity index (χ4v) is 2.94. The van der Waals surface area contributed by atoms with Gasteiger partial charge in [-0.1, -0.05) is 11.6 Å². The van der Waals surface area contributed by atoms with Crippen LogP contribution in [0, 0.1) is 6.92 Å². The second-order valence-electron chi connectivity index (χ2n) is 4.10. The highest BCUT2D eigenvalue weighted by Gasteiger charge is 2.07. The average molecular weight is 294 g/mol. The van der Waals surface area contributed by atoms with E-state index in [-0.39, 0.29) is 0 Å². The number of fused-ring (bicyclic) bond motifs is 1. The van der Waals surface area contributed by atoms with Crippen molar-refractivity contribution in [1.29, 1.82) is 0 Å². The quantitative estimate of drug-likeness (QED) is 0.804. The van der Waals surface area contributed by atoms with Gasteiger partial charge in [-0.3, -0.25) is 4.40 Å². The Balaban J connectivity index is 1.71. The summed E-state index contributed by atoms with van der Waals surface area (Å²) in [6.07, 6.45) is 4.51. The smallest absolute Gasteiger partial charge is 0.203 e. The van der Waals surface area contributed by atoms with E-state index in [4.69, 9.17) is 11.6 Å². The molecule has 98 valence electrons. The van der Waals surface area contributed by atoms with Crippen LogP contribution >= 0.6 is 22.9 Å². The minimum Gasteiger partial charge on any atom is -0.367 e. The van der Waals surface area contributed by atoms with Gasteiger partial charge in [-0.2, -0.15) is 0 Å². The van der Waals surface area contributed by atoms with Crippen molar-refractivity contribution in [2.24, 2.45) is 0 Å². The number of aryl methyl sites for hydroxylation is 1. The van der Waals surface area contributed by atoms with Crippen molar-refractivity contribution in [3.63, 3.8) is 0 Å². The van der Waals surface area contributed by atoms with Crippen LogP contribution in [-0.2, 0) is 6.42 Å². The number of nitrogens with one attached hydrogen (secondary N) is 1. The van der Waals surface area contributed by atoms with E-state index in [1.807, 2.05) is 29.7 Å². The van der Waals surface area contributed by atoms with Crippen LogP contribution in [0.4, 0.5) is 5.82 Å². The minimum atomic E-state index is 0.754. The second kappa shape index (κ2) is 5.14. The minimum absolute atomic E-state index is 0.754. The van der Waals surface area contributed by atoms with Gasteiger partial charge in [-0.05, 0) is 25.5 Å². The van der Waals surface area contributed by atoms with E-state index in [0.717, 1.165) is 34.6 Å². The molecule has 1 N–H and O–H groups in total. The summed E-state index contributed by atoms with van der Waals surface area (Å²) < 4.78 is 2.74. The maximum Gasteiger partial charge on any atom is 0.203 e. The highest BCUT2D eigenvalue weighted by molar-refractivity contribution is 7.16. The van der Waals surface area contributed by atoms with Crippen LogP contribution in [0.15, 0.2) is 24.5 Å². The molecular formula is C12H12ClN5S. The molecule has 0 spiro atoms. The SMILES string of the molecule is Cc1nnc2c(NCCc3ccc(Cl)s3)nccn12. The molecule has 0 aliphatic heterocycles. The first-order valence-corrected chi connectivity index (χ1v) is 7.08. The highest BCUT2D eigenvalue weighted by atomic mass is 35.5. The molecule has 19 heavy (non-hydrogen) atoms. The number of anilines is 1. The van der Waals surface area contributed by atoms with Gasteiger partial charge in [0.2, 0.25) is 5.65 Å². The van der Waals surface area contributed by atoms with Crippen LogP contribution in [0.1, 0.15) is 10.7 Å². The Kier molecular flexibility index (Phi) is 3.35. The van der Waals surface area contributed by atoms with Gasteiger partial charge in [-0.25, -0.2) is 4.98 Å². The third-order valence-corrected chi connectivity index (χ3v) is 4.08. The molecule has 0 saturated heterocycles. The lowest BCUT2D eigenvalue weighted by molar-refractivity contribution is 0.994. The van der Waals surface area contributed by atoms with E-state index >= 15 is 0 Å². The molecule has 0 saturated carbocycles. The Morgan fingerprint density at radius 2 is 2.26 bits per heavy atom. The molecule has 0 aliphatic rings. The van der Waals surface area contributed by atoms with Crippen molar-refractivity contribution in [3.05, 3.63) is 39.6 Å². The normalized spacial score (nSPS) is 11.1. The zero-order valence-electron chi connectivity index (χ0n) is 10.3. The first kappa shape index (κ1) is 12.4. The summed E-state index contributed by atoms with van der Waals surface area (Å²) in [5, 5.41) is 11.4. The number of halogens is 1. The lowest BCUT2D eigenvalue weighted by Gasteiger charge is -2.05. The summed E-state index contributed by atoms with van der Waals surface area (Å²) in [6.45, 7) is 2.70. The Morgan fingerprint density at radius 3 is 3.05 bits per heavy atom. The van der Waals surface area contributed by atoms with Gasteiger partial charge in [-0.15, -0.1) is 21.5 Å². The predicted octanol–water partition coefficient (Wildman–Crippen LogP) is 2.80. The number of nitrogens with zero attached hydrogens (tertiary/aromatic N) is 4. The van der Waals surface area contributed by atoms with E-state index in [0.29, 0.717) is 0 Å². The summed E-state index contributed by atoms with van der Waals surface area (Å²) in [7, 11) is 0. The van der Waals surface area contributed by atoms with Crippen LogP contribution in [0.25, 0.3) is 5.65 Å². The molecule has 0 aromatic carbocycles. The van der Waals surface area contributed by atoms with Crippen molar-refractivity contribution < 1.29 is 0 Å². The van der Waals surface area contributed by atoms with Gasteiger partial charge in [0.05, 0.1) is 4.34 Å². The first-order valence-electron chi connectivity index (χ1n) is 5.88. The number of thiophene rings is 1. The number of aromatic nitrogens is 4. The predicted molar refractivity (Wildman–Crippen MR) is 77.0 cm³/mol. The topological polar surface area (TPSA) is 55.1 Å². The molecule has 3 heterocycles. The van der Waals surface area contributed by atoms with Crippen LogP contribution in [0.2, 0.25) is 4.34 Å². The average Bonchev–Trinajstić information content (AvgIpc) is 2.98. The monoisotopic (exact) mass is 293 g/mol. The molecular weight excluding hydrogens is 282 g/mol. The fraction of sp³-hybridized carbons (Fsp3) is 0.250. The lowest BCUT2D eigenvalue weighted by atomic mass is 10.3. The molecule has 5 nitrogen and oxygen atoms in total. The Labute approximate surface area is 119 Å². The van der Waals surface area contributed by atoms with E-state index < -0.39 is 0 Å². The van der Waals surface area contributed by atoms with E-state index in [2.05, 4.69) is 20.5 Å². The third-order valence-electron chi connectivity index (χ3n) is 2.79. The summed E-state index contributed by atoms with van der Waals surface area (Å²) in [6, 6.07) is 3.96. The molecule has 0 atom stereocenters. The first-order chi connectivity index (χ1) is 9.24. The zero-order valence-corrected chi connectivity index (χ0v) is 11.9. The van der Waals surface area contributed by atoms with Crippen LogP contribution in [-0.4, -0.2) is 26.1 Å². The molecule has 3 aromatic rings. The van der Waals surface area contributed by atoms with Crippen molar-refractivity contribution >= 4 is 34.4 Å². The molecule has 0 aliphatic carbocycles. The molecule has 7 heteroatoms. The van der Waals surface area contributed by atoms with Crippen LogP contribution in [0.3, 0.4) is 0 Å². The molecule has 0 amide bonds. The molecule has 3 aromatic heterocycles. The lowest BCUT2D eigenvalue weighted by Crippen LogP contribution is -2.07. The summed E-state index contributed by atoms with van der Waals surface area (Å²) in [5.74, 6) is 1.61. The van der Waals surface area contributed by atoms with Gasteiger partial charge in [0, 0.05) is 23.8 Å². The molecule has 0 unspecified atom stereocenters. The Bertz CT molecular complexity index is 705. The zero-order chi connectivity index (χ0) is 13.2. The van der Waals surface area contributed by atoms with Crippen molar-refractivity contribution in [2.75, 3.05) is 11.9 Å². The van der Waals surface area contributed by atoms with Gasteiger partial charge in [0.25, 0.3) is 0 Å². The largest absolute Gasteiger partial charge is 0.367 e. The van der Waals surface area contributed by atoms with E-state index in [9.17, 15) is 0 Å². The highest BCUT2D eigenvalue weighted by Crippen LogP contribution is 2.21. The fourth-order valence-electron chi connectivity index (χ4n) is 1.86. The second-order valence-corrected chi connectivity index (χ2v) is 5.90. The van der Waals surface area contributed by atoms with Gasteiger partial charge in [0.1, 0.15) is 5.82 Å². The summed E-state index contributed by atoms with van der Waals surface area (Å²) in [5.41, 5.74) is 0.754. The van der Waals surface area contributed by atoms with Gasteiger partial charge < -0.3 is 5.32 Å². The Morgan fingerprint density at radius 1 is 1.37 bits per heavy atom. The number of hydrogen-bond donors (Lipinski definition) is 1. The number of hydrogen-bond acceptors (Lipinski definition) is 5. The standard InChI is InChI=1S/C12H12ClN5S/c1-8-16-17-12-11(15-6-7-18(8)12)14-5-4-9-2-3-10(13)19-9/h2-3,6-7H,4-5H2,1H3,(H,14,15). The molecule has 0 bridgehead atoms. The maximum absolute atomic E-state index is 5.90. The molecule has 0 fully saturated rings. The maximum atomic E-state index is 5.90. The summed E-state index contributed by atoms with van der Waals surface area (Å²) >= 11 is 7.50. The van der Waals surface area contributed by atoms with Crippen LogP contribution in [0.5, 0.6) is 0 Å². The van der Waals surface area contributed by atoms with E-state index in [1.54, 1.807) is 17.5 Å². The summed E-state index contributed by atoms with van der Waals surface area (Å²) in [4.78, 5) is 5.55. The van der Waals surface area contributed by atoms with E-state index in [1.165, 1.54) is 4.88 Å². The molecule has 0 radical (unpaired) electrons. The van der Waals surface area contributed by atoms with Crippen LogP contribution < -0.4 is 5.32 Å². The van der Waals surface area contributed by atoms with Gasteiger partial charge in [0.15, 0.2) is 5.82 Å². The number of rotatable bonds is 4. The van der Waals surface area contributed by atoms with Crippen molar-refractivity contribution in [2.45, 2.75) is 13.3 Å². The molecule has 3 rings (SSSR count). The Hall–Kier alpha value is -1.66. The third kappa shape index (κ3) is 2.54. The van der Waals surface area contributed by atoms with Crippen molar-refractivity contribution in [3.8, 4) is 0 Å². The van der Waals surface area contributed by atoms with Gasteiger partial charge >= 0.3 is 0 Å². The van der Waals surface area contributed by atoms with Crippen molar-refractivity contribution in [1.82, 2.24) is 19.6 Å².